The summed E-state index contributed by atoms with van der Waals surface area (Å²) in [6, 6.07) is 12.2. The summed E-state index contributed by atoms with van der Waals surface area (Å²) < 4.78 is 19.5. The van der Waals surface area contributed by atoms with Gasteiger partial charge in [0.25, 0.3) is 5.91 Å². The molecule has 2 N–H and O–H groups in total. The molecule has 0 unspecified atom stereocenters. The minimum Gasteiger partial charge on any atom is -0.465 e. The predicted molar refractivity (Wildman–Crippen MR) is 121 cm³/mol. The van der Waals surface area contributed by atoms with Gasteiger partial charge in [-0.3, -0.25) is 14.3 Å². The molecule has 170 valence electrons. The molecule has 1 aromatic heterocycles. The van der Waals surface area contributed by atoms with E-state index in [1.54, 1.807) is 44.3 Å². The molecule has 3 aromatic rings. The van der Waals surface area contributed by atoms with E-state index in [9.17, 15) is 18.8 Å². The van der Waals surface area contributed by atoms with E-state index in [-0.39, 0.29) is 12.1 Å². The number of esters is 1. The zero-order valence-corrected chi connectivity index (χ0v) is 18.4. The standard InChI is InChI=1S/C24H23FN4O4/c1-15-9-21(29(2)28-15)23(31)27-20-12-17(10-18(13-20)24(32)33-3)14-26-22(30)8-7-16-5-4-6-19(25)11-16/h4-13H,14H2,1-3H3,(H,26,30)(H,27,31)/b8-7+. The average molecular weight is 450 g/mol. The van der Waals surface area contributed by atoms with Crippen molar-refractivity contribution in [3.63, 3.8) is 0 Å². The summed E-state index contributed by atoms with van der Waals surface area (Å²) >= 11 is 0. The molecular formula is C24H23FN4O4. The molecule has 0 atom stereocenters. The number of nitrogens with zero attached hydrogens (tertiary/aromatic N) is 2. The molecule has 0 aliphatic heterocycles. The molecule has 0 bridgehead atoms. The van der Waals surface area contributed by atoms with E-state index in [1.165, 1.54) is 42.1 Å². The summed E-state index contributed by atoms with van der Waals surface area (Å²) in [4.78, 5) is 36.9. The molecule has 0 saturated carbocycles. The monoisotopic (exact) mass is 450 g/mol. The van der Waals surface area contributed by atoms with Crippen LogP contribution in [0, 0.1) is 12.7 Å². The third-order valence-corrected chi connectivity index (χ3v) is 4.65. The number of hydrogen-bond donors (Lipinski definition) is 2. The van der Waals surface area contributed by atoms with Crippen LogP contribution in [0.5, 0.6) is 0 Å². The first kappa shape index (κ1) is 23.4. The summed E-state index contributed by atoms with van der Waals surface area (Å²) in [5, 5.41) is 9.59. The molecule has 8 nitrogen and oxygen atoms in total. The Morgan fingerprint density at radius 1 is 1.15 bits per heavy atom. The molecule has 0 saturated heterocycles. The van der Waals surface area contributed by atoms with Crippen LogP contribution < -0.4 is 10.6 Å². The summed E-state index contributed by atoms with van der Waals surface area (Å²) in [5.74, 6) is -1.78. The third-order valence-electron chi connectivity index (χ3n) is 4.65. The number of benzene rings is 2. The van der Waals surface area contributed by atoms with Gasteiger partial charge in [0, 0.05) is 25.4 Å². The molecule has 3 rings (SSSR count). The highest BCUT2D eigenvalue weighted by atomic mass is 19.1. The second-order valence-corrected chi connectivity index (χ2v) is 7.27. The van der Waals surface area contributed by atoms with Crippen molar-refractivity contribution in [1.29, 1.82) is 0 Å². The van der Waals surface area contributed by atoms with Crippen LogP contribution in [0.2, 0.25) is 0 Å². The van der Waals surface area contributed by atoms with Gasteiger partial charge in [-0.2, -0.15) is 5.10 Å². The molecular weight excluding hydrogens is 427 g/mol. The number of anilines is 1. The Kier molecular flexibility index (Phi) is 7.34. The number of aromatic nitrogens is 2. The highest BCUT2D eigenvalue weighted by molar-refractivity contribution is 6.04. The maximum Gasteiger partial charge on any atom is 0.337 e. The number of amides is 2. The molecule has 0 spiro atoms. The number of methoxy groups -OCH3 is 1. The number of nitrogens with one attached hydrogen (secondary N) is 2. The zero-order valence-electron chi connectivity index (χ0n) is 18.4. The smallest absolute Gasteiger partial charge is 0.337 e. The van der Waals surface area contributed by atoms with Gasteiger partial charge in [-0.05, 0) is 60.5 Å². The lowest BCUT2D eigenvalue weighted by molar-refractivity contribution is -0.116. The van der Waals surface area contributed by atoms with Gasteiger partial charge in [0.1, 0.15) is 11.5 Å². The highest BCUT2D eigenvalue weighted by Gasteiger charge is 2.15. The first-order valence-electron chi connectivity index (χ1n) is 10.0. The largest absolute Gasteiger partial charge is 0.465 e. The van der Waals surface area contributed by atoms with Gasteiger partial charge >= 0.3 is 5.97 Å². The third kappa shape index (κ3) is 6.36. The Morgan fingerprint density at radius 3 is 2.61 bits per heavy atom. The molecule has 9 heteroatoms. The van der Waals surface area contributed by atoms with Crippen LogP contribution in [-0.2, 0) is 23.1 Å². The summed E-state index contributed by atoms with van der Waals surface area (Å²) in [5.41, 5.74) is 2.75. The SMILES string of the molecule is COC(=O)c1cc(CNC(=O)/C=C/c2cccc(F)c2)cc(NC(=O)c2cc(C)nn2C)c1. The van der Waals surface area contributed by atoms with Crippen molar-refractivity contribution in [2.75, 3.05) is 12.4 Å². The molecule has 0 fully saturated rings. The maximum atomic E-state index is 13.2. The van der Waals surface area contributed by atoms with Gasteiger partial charge in [0.2, 0.25) is 5.91 Å². The number of rotatable bonds is 7. The Labute approximate surface area is 190 Å². The predicted octanol–water partition coefficient (Wildman–Crippen LogP) is 3.24. The minimum atomic E-state index is -0.582. The van der Waals surface area contributed by atoms with E-state index in [0.29, 0.717) is 28.2 Å². The molecule has 33 heavy (non-hydrogen) atoms. The van der Waals surface area contributed by atoms with Crippen LogP contribution >= 0.6 is 0 Å². The molecule has 0 aliphatic carbocycles. The first-order valence-corrected chi connectivity index (χ1v) is 10.0. The van der Waals surface area contributed by atoms with Crippen molar-refractivity contribution in [3.8, 4) is 0 Å². The van der Waals surface area contributed by atoms with Gasteiger partial charge < -0.3 is 15.4 Å². The maximum absolute atomic E-state index is 13.2. The fraction of sp³-hybridized carbons (Fsp3) is 0.167. The van der Waals surface area contributed by atoms with Gasteiger partial charge in [-0.15, -0.1) is 0 Å². The van der Waals surface area contributed by atoms with E-state index >= 15 is 0 Å². The van der Waals surface area contributed by atoms with Crippen LogP contribution in [0.25, 0.3) is 6.08 Å². The number of carbonyl (C=O) groups is 3. The number of hydrogen-bond acceptors (Lipinski definition) is 5. The Bertz CT molecular complexity index is 1230. The van der Waals surface area contributed by atoms with Crippen molar-refractivity contribution >= 4 is 29.5 Å². The lowest BCUT2D eigenvalue weighted by atomic mass is 10.1. The lowest BCUT2D eigenvalue weighted by Gasteiger charge is -2.11. The van der Waals surface area contributed by atoms with Crippen LogP contribution in [-0.4, -0.2) is 34.7 Å². The van der Waals surface area contributed by atoms with E-state index < -0.39 is 23.6 Å². The Morgan fingerprint density at radius 2 is 1.94 bits per heavy atom. The average Bonchev–Trinajstić information content (AvgIpc) is 3.13. The second kappa shape index (κ2) is 10.4. The number of carbonyl (C=O) groups excluding carboxylic acids is 3. The fourth-order valence-corrected chi connectivity index (χ4v) is 3.15. The van der Waals surface area contributed by atoms with Gasteiger partial charge in [0.05, 0.1) is 18.4 Å². The number of aryl methyl sites for hydroxylation is 2. The molecule has 0 radical (unpaired) electrons. The van der Waals surface area contributed by atoms with Gasteiger partial charge in [-0.1, -0.05) is 12.1 Å². The first-order chi connectivity index (χ1) is 15.7. The Balaban J connectivity index is 1.74. The van der Waals surface area contributed by atoms with E-state index in [4.69, 9.17) is 4.74 Å². The van der Waals surface area contributed by atoms with Crippen LogP contribution in [0.3, 0.4) is 0 Å². The van der Waals surface area contributed by atoms with Gasteiger partial charge in [-0.25, -0.2) is 9.18 Å². The van der Waals surface area contributed by atoms with Crippen molar-refractivity contribution in [2.24, 2.45) is 7.05 Å². The van der Waals surface area contributed by atoms with Crippen molar-refractivity contribution in [1.82, 2.24) is 15.1 Å². The van der Waals surface area contributed by atoms with Crippen molar-refractivity contribution < 1.29 is 23.5 Å². The summed E-state index contributed by atoms with van der Waals surface area (Å²) in [6.07, 6.45) is 2.77. The van der Waals surface area contributed by atoms with Crippen LogP contribution in [0.1, 0.15) is 37.7 Å². The summed E-state index contributed by atoms with van der Waals surface area (Å²) in [7, 11) is 2.91. The molecule has 2 amide bonds. The topological polar surface area (TPSA) is 102 Å². The fourth-order valence-electron chi connectivity index (χ4n) is 3.15. The second-order valence-electron chi connectivity index (χ2n) is 7.27. The van der Waals surface area contributed by atoms with E-state index in [0.717, 1.165) is 0 Å². The lowest BCUT2D eigenvalue weighted by Crippen LogP contribution is -2.21. The van der Waals surface area contributed by atoms with E-state index in [1.807, 2.05) is 0 Å². The van der Waals surface area contributed by atoms with Crippen molar-refractivity contribution in [2.45, 2.75) is 13.5 Å². The van der Waals surface area contributed by atoms with Crippen LogP contribution in [0.15, 0.2) is 54.6 Å². The minimum absolute atomic E-state index is 0.0881. The van der Waals surface area contributed by atoms with Crippen molar-refractivity contribution in [3.05, 3.63) is 88.5 Å². The Hall–Kier alpha value is -4.27. The summed E-state index contributed by atoms with van der Waals surface area (Å²) in [6.45, 7) is 1.86. The van der Waals surface area contributed by atoms with E-state index in [2.05, 4.69) is 15.7 Å². The molecule has 0 aliphatic rings. The quantitative estimate of drug-likeness (QED) is 0.425. The van der Waals surface area contributed by atoms with Gasteiger partial charge in [0.15, 0.2) is 0 Å². The zero-order chi connectivity index (χ0) is 24.0. The highest BCUT2D eigenvalue weighted by Crippen LogP contribution is 2.18. The number of halogens is 1. The number of ether oxygens (including phenoxy) is 1. The molecule has 1 heterocycles. The van der Waals surface area contributed by atoms with Crippen LogP contribution in [0.4, 0.5) is 10.1 Å². The normalized spacial score (nSPS) is 10.8. The molecule has 2 aromatic carbocycles.